The number of hydrogen-bond donors (Lipinski definition) is 1. The van der Waals surface area contributed by atoms with E-state index in [1.54, 1.807) is 12.4 Å². The summed E-state index contributed by atoms with van der Waals surface area (Å²) >= 11 is 3.27. The maximum absolute atomic E-state index is 12.7. The minimum absolute atomic E-state index is 0.296. The second-order valence-electron chi connectivity index (χ2n) is 3.61. The van der Waals surface area contributed by atoms with Crippen molar-refractivity contribution in [1.29, 1.82) is 0 Å². The van der Waals surface area contributed by atoms with Crippen LogP contribution in [0.25, 0.3) is 0 Å². The van der Waals surface area contributed by atoms with Crippen molar-refractivity contribution in [1.82, 2.24) is 10.3 Å². The Hall–Kier alpha value is -0.550. The number of aromatic nitrogens is 1. The van der Waals surface area contributed by atoms with E-state index in [1.807, 2.05) is 13.0 Å². The Bertz CT molecular complexity index is 321. The summed E-state index contributed by atoms with van der Waals surface area (Å²) in [5.41, 5.74) is 0.809. The molecule has 0 aliphatic rings. The maximum atomic E-state index is 12.7. The molecule has 1 rings (SSSR count). The van der Waals surface area contributed by atoms with E-state index in [9.17, 15) is 8.78 Å². The molecule has 0 aromatic carbocycles. The lowest BCUT2D eigenvalue weighted by Gasteiger charge is -2.17. The molecular formula is C11H15BrF2N2. The number of hydrogen-bond acceptors (Lipinski definition) is 2. The molecule has 0 aliphatic heterocycles. The van der Waals surface area contributed by atoms with Gasteiger partial charge in [-0.1, -0.05) is 6.92 Å². The van der Waals surface area contributed by atoms with Gasteiger partial charge in [0.1, 0.15) is 0 Å². The molecule has 1 atom stereocenters. The quantitative estimate of drug-likeness (QED) is 0.872. The SMILES string of the molecule is CCCNC(Cc1cncc(Br)c1)C(F)F. The minimum Gasteiger partial charge on any atom is -0.309 e. The smallest absolute Gasteiger partial charge is 0.254 e. The van der Waals surface area contributed by atoms with Crippen molar-refractivity contribution < 1.29 is 8.78 Å². The third-order valence-corrected chi connectivity index (χ3v) is 2.61. The Kier molecular flexibility index (Phi) is 5.84. The highest BCUT2D eigenvalue weighted by Gasteiger charge is 2.19. The molecule has 1 unspecified atom stereocenters. The Morgan fingerprint density at radius 3 is 2.75 bits per heavy atom. The summed E-state index contributed by atoms with van der Waals surface area (Å²) in [5.74, 6) is 0. The molecule has 16 heavy (non-hydrogen) atoms. The van der Waals surface area contributed by atoms with Gasteiger partial charge in [-0.3, -0.25) is 4.98 Å². The summed E-state index contributed by atoms with van der Waals surface area (Å²) in [6, 6.07) is 1.02. The van der Waals surface area contributed by atoms with Crippen molar-refractivity contribution in [3.8, 4) is 0 Å². The summed E-state index contributed by atoms with van der Waals surface area (Å²) < 4.78 is 26.2. The number of alkyl halides is 2. The second kappa shape index (κ2) is 6.91. The normalized spacial score (nSPS) is 13.1. The van der Waals surface area contributed by atoms with Crippen molar-refractivity contribution in [2.45, 2.75) is 32.2 Å². The summed E-state index contributed by atoms with van der Waals surface area (Å²) in [4.78, 5) is 3.96. The van der Waals surface area contributed by atoms with E-state index in [0.29, 0.717) is 13.0 Å². The molecule has 0 saturated heterocycles. The molecule has 0 fully saturated rings. The van der Waals surface area contributed by atoms with E-state index < -0.39 is 12.5 Å². The molecule has 0 radical (unpaired) electrons. The van der Waals surface area contributed by atoms with Gasteiger partial charge >= 0.3 is 0 Å². The molecular weight excluding hydrogens is 278 g/mol. The monoisotopic (exact) mass is 292 g/mol. The lowest BCUT2D eigenvalue weighted by atomic mass is 10.1. The van der Waals surface area contributed by atoms with Crippen LogP contribution in [0, 0.1) is 0 Å². The first-order valence-electron chi connectivity index (χ1n) is 5.24. The van der Waals surface area contributed by atoms with E-state index in [-0.39, 0.29) is 0 Å². The standard InChI is InChI=1S/C11H15BrF2N2/c1-2-3-16-10(11(13)14)5-8-4-9(12)7-15-6-8/h4,6-7,10-11,16H,2-3,5H2,1H3. The van der Waals surface area contributed by atoms with Crippen molar-refractivity contribution >= 4 is 15.9 Å². The number of pyridine rings is 1. The minimum atomic E-state index is -2.36. The first-order valence-corrected chi connectivity index (χ1v) is 6.03. The van der Waals surface area contributed by atoms with Crippen LogP contribution in [0.4, 0.5) is 8.78 Å². The molecule has 1 aromatic heterocycles. The summed E-state index contributed by atoms with van der Waals surface area (Å²) in [7, 11) is 0. The van der Waals surface area contributed by atoms with E-state index in [2.05, 4.69) is 26.2 Å². The van der Waals surface area contributed by atoms with Crippen LogP contribution in [0.15, 0.2) is 22.9 Å². The van der Waals surface area contributed by atoms with Crippen LogP contribution in [0.5, 0.6) is 0 Å². The Balaban J connectivity index is 2.60. The predicted octanol–water partition coefficient (Wildman–Crippen LogP) is 3.02. The molecule has 0 aliphatic carbocycles. The third-order valence-electron chi connectivity index (χ3n) is 2.18. The Morgan fingerprint density at radius 1 is 1.44 bits per heavy atom. The van der Waals surface area contributed by atoms with Crippen molar-refractivity contribution in [3.05, 3.63) is 28.5 Å². The highest BCUT2D eigenvalue weighted by Crippen LogP contribution is 2.13. The molecule has 1 aromatic rings. The Labute approximate surface area is 103 Å². The predicted molar refractivity (Wildman–Crippen MR) is 63.7 cm³/mol. The zero-order chi connectivity index (χ0) is 12.0. The van der Waals surface area contributed by atoms with Gasteiger partial charge in [-0.15, -0.1) is 0 Å². The lowest BCUT2D eigenvalue weighted by molar-refractivity contribution is 0.0982. The van der Waals surface area contributed by atoms with Gasteiger partial charge in [0.05, 0.1) is 6.04 Å². The fraction of sp³-hybridized carbons (Fsp3) is 0.545. The molecule has 2 nitrogen and oxygen atoms in total. The van der Waals surface area contributed by atoms with Crippen molar-refractivity contribution in [3.63, 3.8) is 0 Å². The number of nitrogens with zero attached hydrogens (tertiary/aromatic N) is 1. The first-order chi connectivity index (χ1) is 7.63. The molecule has 5 heteroatoms. The number of nitrogens with one attached hydrogen (secondary N) is 1. The van der Waals surface area contributed by atoms with Gasteiger partial charge < -0.3 is 5.32 Å². The van der Waals surface area contributed by atoms with Gasteiger partial charge in [-0.25, -0.2) is 8.78 Å². The van der Waals surface area contributed by atoms with Crippen LogP contribution in [-0.2, 0) is 6.42 Å². The average molecular weight is 293 g/mol. The number of rotatable bonds is 6. The van der Waals surface area contributed by atoms with Crippen molar-refractivity contribution in [2.24, 2.45) is 0 Å². The zero-order valence-electron chi connectivity index (χ0n) is 9.09. The van der Waals surface area contributed by atoms with Crippen LogP contribution in [-0.4, -0.2) is 24.0 Å². The maximum Gasteiger partial charge on any atom is 0.254 e. The molecule has 1 N–H and O–H groups in total. The second-order valence-corrected chi connectivity index (χ2v) is 4.53. The molecule has 0 spiro atoms. The fourth-order valence-corrected chi connectivity index (χ4v) is 1.81. The van der Waals surface area contributed by atoms with E-state index in [1.165, 1.54) is 0 Å². The van der Waals surface area contributed by atoms with Crippen LogP contribution in [0.3, 0.4) is 0 Å². The van der Waals surface area contributed by atoms with Crippen LogP contribution < -0.4 is 5.32 Å². The summed E-state index contributed by atoms with van der Waals surface area (Å²) in [6.07, 6.45) is 2.04. The highest BCUT2D eigenvalue weighted by molar-refractivity contribution is 9.10. The third kappa shape index (κ3) is 4.53. The van der Waals surface area contributed by atoms with E-state index in [0.717, 1.165) is 16.5 Å². The largest absolute Gasteiger partial charge is 0.309 e. The van der Waals surface area contributed by atoms with Gasteiger partial charge in [0, 0.05) is 16.9 Å². The summed E-state index contributed by atoms with van der Waals surface area (Å²) in [5, 5.41) is 2.84. The van der Waals surface area contributed by atoms with E-state index >= 15 is 0 Å². The molecule has 0 amide bonds. The average Bonchev–Trinajstić information content (AvgIpc) is 2.24. The van der Waals surface area contributed by atoms with Gasteiger partial charge in [-0.2, -0.15) is 0 Å². The van der Waals surface area contributed by atoms with Crippen LogP contribution in [0.1, 0.15) is 18.9 Å². The Morgan fingerprint density at radius 2 is 2.19 bits per heavy atom. The molecule has 90 valence electrons. The van der Waals surface area contributed by atoms with Crippen molar-refractivity contribution in [2.75, 3.05) is 6.54 Å². The molecule has 0 bridgehead atoms. The van der Waals surface area contributed by atoms with Crippen LogP contribution >= 0.6 is 15.9 Å². The highest BCUT2D eigenvalue weighted by atomic mass is 79.9. The first kappa shape index (κ1) is 13.5. The van der Waals surface area contributed by atoms with Crippen LogP contribution in [0.2, 0.25) is 0 Å². The summed E-state index contributed by atoms with van der Waals surface area (Å²) in [6.45, 7) is 2.56. The zero-order valence-corrected chi connectivity index (χ0v) is 10.7. The lowest BCUT2D eigenvalue weighted by Crippen LogP contribution is -2.38. The van der Waals surface area contributed by atoms with Gasteiger partial charge in [0.25, 0.3) is 6.43 Å². The molecule has 1 heterocycles. The van der Waals surface area contributed by atoms with Gasteiger partial charge in [0.15, 0.2) is 0 Å². The van der Waals surface area contributed by atoms with E-state index in [4.69, 9.17) is 0 Å². The molecule has 0 saturated carbocycles. The van der Waals surface area contributed by atoms with Gasteiger partial charge in [0.2, 0.25) is 0 Å². The fourth-order valence-electron chi connectivity index (χ4n) is 1.40. The number of halogens is 3. The topological polar surface area (TPSA) is 24.9 Å². The van der Waals surface area contributed by atoms with Gasteiger partial charge in [-0.05, 0) is 46.9 Å².